The highest BCUT2D eigenvalue weighted by Crippen LogP contribution is 2.14. The van der Waals surface area contributed by atoms with Gasteiger partial charge in [0.2, 0.25) is 0 Å². The van der Waals surface area contributed by atoms with Crippen LogP contribution in [0.1, 0.15) is 16.2 Å². The van der Waals surface area contributed by atoms with Crippen molar-refractivity contribution in [3.8, 4) is 0 Å². The second kappa shape index (κ2) is 4.07. The molecule has 0 saturated carbocycles. The predicted octanol–water partition coefficient (Wildman–Crippen LogP) is 1.23. The Bertz CT molecular complexity index is 552. The van der Waals surface area contributed by atoms with Crippen molar-refractivity contribution in [2.75, 3.05) is 7.11 Å². The third-order valence-electron chi connectivity index (χ3n) is 1.95. The van der Waals surface area contributed by atoms with Gasteiger partial charge in [-0.15, -0.1) is 0 Å². The summed E-state index contributed by atoms with van der Waals surface area (Å²) in [6, 6.07) is 2.93. The maximum atomic E-state index is 10.7. The summed E-state index contributed by atoms with van der Waals surface area (Å²) in [7, 11) is 1.54. The van der Waals surface area contributed by atoms with Gasteiger partial charge in [0.25, 0.3) is 0 Å². The van der Waals surface area contributed by atoms with Gasteiger partial charge in [-0.25, -0.2) is 14.3 Å². The van der Waals surface area contributed by atoms with Gasteiger partial charge in [-0.05, 0) is 6.07 Å². The number of halogens is 1. The summed E-state index contributed by atoms with van der Waals surface area (Å²) >= 11 is 5.93. The molecule has 0 bridgehead atoms. The highest BCUT2D eigenvalue weighted by Gasteiger charge is 2.12. The summed E-state index contributed by atoms with van der Waals surface area (Å²) in [6.45, 7) is 0.309. The van der Waals surface area contributed by atoms with Crippen molar-refractivity contribution in [3.05, 3.63) is 28.7 Å². The normalized spacial score (nSPS) is 10.9. The number of aromatic nitrogens is 3. The zero-order valence-electron chi connectivity index (χ0n) is 8.35. The van der Waals surface area contributed by atoms with Crippen molar-refractivity contribution in [1.29, 1.82) is 0 Å². The molecule has 0 fully saturated rings. The van der Waals surface area contributed by atoms with Gasteiger partial charge < -0.3 is 9.84 Å². The first kappa shape index (κ1) is 10.8. The maximum absolute atomic E-state index is 10.7. The number of ether oxygens (including phenoxy) is 1. The minimum atomic E-state index is -1.12. The molecular formula is C9H8ClN3O3. The van der Waals surface area contributed by atoms with Crippen LogP contribution in [0.3, 0.4) is 0 Å². The van der Waals surface area contributed by atoms with E-state index in [-0.39, 0.29) is 5.69 Å². The summed E-state index contributed by atoms with van der Waals surface area (Å²) in [6.07, 6.45) is 0. The van der Waals surface area contributed by atoms with Crippen LogP contribution >= 0.6 is 11.6 Å². The molecule has 6 nitrogen and oxygen atoms in total. The fraction of sp³-hybridized carbons (Fsp3) is 0.222. The number of hydrogen-bond acceptors (Lipinski definition) is 4. The van der Waals surface area contributed by atoms with E-state index >= 15 is 0 Å². The quantitative estimate of drug-likeness (QED) is 0.818. The zero-order valence-corrected chi connectivity index (χ0v) is 9.10. The molecule has 0 saturated heterocycles. The van der Waals surface area contributed by atoms with E-state index in [2.05, 4.69) is 10.1 Å². The van der Waals surface area contributed by atoms with Gasteiger partial charge in [-0.1, -0.05) is 11.6 Å². The third kappa shape index (κ3) is 1.84. The molecule has 1 N–H and O–H groups in total. The number of rotatable bonds is 3. The summed E-state index contributed by atoms with van der Waals surface area (Å²) in [5, 5.41) is 12.9. The van der Waals surface area contributed by atoms with Crippen LogP contribution in [0.4, 0.5) is 0 Å². The molecular weight excluding hydrogens is 234 g/mol. The summed E-state index contributed by atoms with van der Waals surface area (Å²) < 4.78 is 6.19. The summed E-state index contributed by atoms with van der Waals surface area (Å²) in [5.41, 5.74) is 0.915. The molecule has 0 amide bonds. The fourth-order valence-corrected chi connectivity index (χ4v) is 1.56. The number of methoxy groups -OCH3 is 1. The summed E-state index contributed by atoms with van der Waals surface area (Å²) in [5.74, 6) is -1.12. The van der Waals surface area contributed by atoms with Gasteiger partial charge in [-0.3, -0.25) is 0 Å². The van der Waals surface area contributed by atoms with Crippen LogP contribution in [0.2, 0.25) is 5.15 Å². The first-order chi connectivity index (χ1) is 7.61. The molecule has 7 heteroatoms. The van der Waals surface area contributed by atoms with Crippen molar-refractivity contribution >= 4 is 23.2 Å². The SMILES string of the molecule is COCc1cc(Cl)n2nc(C(=O)O)cc2n1. The van der Waals surface area contributed by atoms with Crippen molar-refractivity contribution in [2.24, 2.45) is 0 Å². The Balaban J connectivity index is 2.58. The lowest BCUT2D eigenvalue weighted by Crippen LogP contribution is -2.00. The number of carbonyl (C=O) groups is 1. The number of hydrogen-bond donors (Lipinski definition) is 1. The largest absolute Gasteiger partial charge is 0.476 e. The minimum absolute atomic E-state index is 0.0935. The standard InChI is InChI=1S/C9H8ClN3O3/c1-16-4-5-2-7(10)13-8(11-5)3-6(12-13)9(14)15/h2-3H,4H2,1H3,(H,14,15). The molecule has 2 rings (SSSR count). The Kier molecular flexibility index (Phi) is 2.76. The predicted molar refractivity (Wildman–Crippen MR) is 55.7 cm³/mol. The minimum Gasteiger partial charge on any atom is -0.476 e. The Labute approximate surface area is 95.4 Å². The van der Waals surface area contributed by atoms with Gasteiger partial charge in [-0.2, -0.15) is 5.10 Å². The second-order valence-electron chi connectivity index (χ2n) is 3.11. The molecule has 0 aromatic carbocycles. The van der Waals surface area contributed by atoms with Crippen LogP contribution in [-0.4, -0.2) is 32.8 Å². The van der Waals surface area contributed by atoms with Crippen LogP contribution in [-0.2, 0) is 11.3 Å². The van der Waals surface area contributed by atoms with E-state index in [0.29, 0.717) is 23.1 Å². The Morgan fingerprint density at radius 2 is 2.38 bits per heavy atom. The number of fused-ring (bicyclic) bond motifs is 1. The number of aromatic carboxylic acids is 1. The second-order valence-corrected chi connectivity index (χ2v) is 3.50. The van der Waals surface area contributed by atoms with Crippen LogP contribution in [0.25, 0.3) is 5.65 Å². The smallest absolute Gasteiger partial charge is 0.356 e. The van der Waals surface area contributed by atoms with Crippen LogP contribution in [0.5, 0.6) is 0 Å². The molecule has 2 aromatic heterocycles. The molecule has 0 spiro atoms. The topological polar surface area (TPSA) is 76.7 Å². The van der Waals surface area contributed by atoms with Gasteiger partial charge in [0, 0.05) is 13.2 Å². The lowest BCUT2D eigenvalue weighted by atomic mass is 10.4. The monoisotopic (exact) mass is 241 g/mol. The molecule has 0 aliphatic heterocycles. The van der Waals surface area contributed by atoms with E-state index < -0.39 is 5.97 Å². The third-order valence-corrected chi connectivity index (χ3v) is 2.22. The Morgan fingerprint density at radius 3 is 3.00 bits per heavy atom. The van der Waals surface area contributed by atoms with Crippen molar-refractivity contribution < 1.29 is 14.6 Å². The fourth-order valence-electron chi connectivity index (χ4n) is 1.31. The van der Waals surface area contributed by atoms with Crippen molar-refractivity contribution in [3.63, 3.8) is 0 Å². The molecule has 0 aliphatic carbocycles. The lowest BCUT2D eigenvalue weighted by Gasteiger charge is -2.01. The number of carboxylic acid groups (broad SMARTS) is 1. The molecule has 0 unspecified atom stereocenters. The molecule has 0 atom stereocenters. The van der Waals surface area contributed by atoms with Crippen LogP contribution in [0.15, 0.2) is 12.1 Å². The molecule has 84 valence electrons. The first-order valence-corrected chi connectivity index (χ1v) is 4.77. The molecule has 2 heterocycles. The number of carboxylic acids is 1. The van der Waals surface area contributed by atoms with E-state index in [1.165, 1.54) is 10.6 Å². The Morgan fingerprint density at radius 1 is 1.62 bits per heavy atom. The van der Waals surface area contributed by atoms with E-state index in [9.17, 15) is 4.79 Å². The van der Waals surface area contributed by atoms with E-state index in [0.717, 1.165) is 0 Å². The molecule has 16 heavy (non-hydrogen) atoms. The molecule has 2 aromatic rings. The zero-order chi connectivity index (χ0) is 11.7. The van der Waals surface area contributed by atoms with E-state index in [4.69, 9.17) is 21.4 Å². The lowest BCUT2D eigenvalue weighted by molar-refractivity contribution is 0.0690. The maximum Gasteiger partial charge on any atom is 0.356 e. The summed E-state index contributed by atoms with van der Waals surface area (Å²) in [4.78, 5) is 14.9. The van der Waals surface area contributed by atoms with Gasteiger partial charge in [0.15, 0.2) is 11.3 Å². The van der Waals surface area contributed by atoms with Gasteiger partial charge in [0.05, 0.1) is 12.3 Å². The average Bonchev–Trinajstić information content (AvgIpc) is 2.62. The van der Waals surface area contributed by atoms with Crippen molar-refractivity contribution in [2.45, 2.75) is 6.61 Å². The first-order valence-electron chi connectivity index (χ1n) is 4.39. The van der Waals surface area contributed by atoms with E-state index in [1.54, 1.807) is 13.2 Å². The molecule has 0 radical (unpaired) electrons. The van der Waals surface area contributed by atoms with Crippen LogP contribution < -0.4 is 0 Å². The van der Waals surface area contributed by atoms with Crippen molar-refractivity contribution in [1.82, 2.24) is 14.6 Å². The highest BCUT2D eigenvalue weighted by atomic mass is 35.5. The number of nitrogens with zero attached hydrogens (tertiary/aromatic N) is 3. The van der Waals surface area contributed by atoms with Gasteiger partial charge in [0.1, 0.15) is 5.15 Å². The molecule has 0 aliphatic rings. The highest BCUT2D eigenvalue weighted by molar-refractivity contribution is 6.29. The average molecular weight is 242 g/mol. The van der Waals surface area contributed by atoms with E-state index in [1.807, 2.05) is 0 Å². The van der Waals surface area contributed by atoms with Gasteiger partial charge >= 0.3 is 5.97 Å². The Hall–Kier alpha value is -1.66. The van der Waals surface area contributed by atoms with Crippen LogP contribution in [0, 0.1) is 0 Å².